The van der Waals surface area contributed by atoms with Crippen LogP contribution in [0.5, 0.6) is 0 Å². The molecule has 2 aromatic rings. The summed E-state index contributed by atoms with van der Waals surface area (Å²) < 4.78 is 0. The van der Waals surface area contributed by atoms with Crippen LogP contribution in [-0.4, -0.2) is 20.6 Å². The highest BCUT2D eigenvalue weighted by Gasteiger charge is 2.29. The number of hydrogen-bond acceptors (Lipinski definition) is 3. The first-order chi connectivity index (χ1) is 10.1. The van der Waals surface area contributed by atoms with Crippen molar-refractivity contribution in [3.63, 3.8) is 0 Å². The van der Waals surface area contributed by atoms with Crippen molar-refractivity contribution >= 4 is 11.4 Å². The Kier molecular flexibility index (Phi) is 3.60. The van der Waals surface area contributed by atoms with E-state index >= 15 is 0 Å². The third-order valence-corrected chi connectivity index (χ3v) is 4.28. The lowest BCUT2D eigenvalue weighted by Gasteiger charge is -2.27. The lowest BCUT2D eigenvalue weighted by Crippen LogP contribution is -2.27. The van der Waals surface area contributed by atoms with E-state index in [9.17, 15) is 0 Å². The van der Waals surface area contributed by atoms with Crippen LogP contribution in [-0.2, 0) is 6.54 Å². The van der Waals surface area contributed by atoms with E-state index in [0.29, 0.717) is 6.54 Å². The topological polar surface area (TPSA) is 32.5 Å². The maximum atomic E-state index is 6.07. The number of aryl methyl sites for hydroxylation is 1. The van der Waals surface area contributed by atoms with E-state index in [0.717, 1.165) is 6.54 Å². The summed E-state index contributed by atoms with van der Waals surface area (Å²) in [4.78, 5) is 4.55. The van der Waals surface area contributed by atoms with Crippen molar-refractivity contribution in [1.29, 1.82) is 0 Å². The number of nitrogens with two attached hydrogens (primary N) is 1. The van der Waals surface area contributed by atoms with Crippen molar-refractivity contribution in [3.8, 4) is 0 Å². The molecule has 3 nitrogen and oxygen atoms in total. The van der Waals surface area contributed by atoms with E-state index in [-0.39, 0.29) is 6.04 Å². The number of fused-ring (bicyclic) bond motifs is 1. The fourth-order valence-electron chi connectivity index (χ4n) is 3.11. The molecule has 21 heavy (non-hydrogen) atoms. The van der Waals surface area contributed by atoms with Gasteiger partial charge in [0.15, 0.2) is 0 Å². The Morgan fingerprint density at radius 2 is 2.00 bits per heavy atom. The fraction of sp³-hybridized carbons (Fsp3) is 0.333. The summed E-state index contributed by atoms with van der Waals surface area (Å²) in [5, 5.41) is 0. The van der Waals surface area contributed by atoms with Gasteiger partial charge in [-0.25, -0.2) is 0 Å². The zero-order valence-electron chi connectivity index (χ0n) is 13.0. The Hall–Kier alpha value is -2.00. The minimum absolute atomic E-state index is 0.275. The van der Waals surface area contributed by atoms with Gasteiger partial charge in [-0.2, -0.15) is 0 Å². The van der Waals surface area contributed by atoms with Crippen LogP contribution in [0.3, 0.4) is 0 Å². The third-order valence-electron chi connectivity index (χ3n) is 4.28. The Morgan fingerprint density at radius 3 is 2.71 bits per heavy atom. The summed E-state index contributed by atoms with van der Waals surface area (Å²) in [6, 6.07) is 15.6. The van der Waals surface area contributed by atoms with Crippen LogP contribution in [0.15, 0.2) is 42.5 Å². The number of rotatable bonds is 3. The summed E-state index contributed by atoms with van der Waals surface area (Å²) in [6.45, 7) is 3.72. The van der Waals surface area contributed by atoms with Crippen molar-refractivity contribution in [2.24, 2.45) is 5.73 Å². The summed E-state index contributed by atoms with van der Waals surface area (Å²) in [5.74, 6) is 0. The SMILES string of the molecule is Cc1ccc2c(c1)C(CN)N(c1cccc(N(C)C)c1)C2. The molecule has 0 aromatic heterocycles. The molecule has 0 saturated heterocycles. The van der Waals surface area contributed by atoms with Crippen LogP contribution in [0.4, 0.5) is 11.4 Å². The van der Waals surface area contributed by atoms with Gasteiger partial charge >= 0.3 is 0 Å². The number of benzene rings is 2. The van der Waals surface area contributed by atoms with E-state index in [1.165, 1.54) is 28.1 Å². The highest BCUT2D eigenvalue weighted by Crippen LogP contribution is 2.38. The fourth-order valence-corrected chi connectivity index (χ4v) is 3.11. The molecule has 0 spiro atoms. The lowest BCUT2D eigenvalue weighted by atomic mass is 10.0. The van der Waals surface area contributed by atoms with Gasteiger partial charge in [-0.15, -0.1) is 0 Å². The predicted molar refractivity (Wildman–Crippen MR) is 89.9 cm³/mol. The van der Waals surface area contributed by atoms with Crippen molar-refractivity contribution in [3.05, 3.63) is 59.2 Å². The first-order valence-corrected chi connectivity index (χ1v) is 7.43. The number of anilines is 2. The quantitative estimate of drug-likeness (QED) is 0.938. The van der Waals surface area contributed by atoms with Crippen LogP contribution in [0.1, 0.15) is 22.7 Å². The zero-order valence-corrected chi connectivity index (χ0v) is 13.0. The van der Waals surface area contributed by atoms with Gasteiger partial charge in [0.1, 0.15) is 0 Å². The van der Waals surface area contributed by atoms with Crippen LogP contribution in [0.25, 0.3) is 0 Å². The molecular formula is C18H23N3. The number of hydrogen-bond donors (Lipinski definition) is 1. The molecule has 0 fully saturated rings. The summed E-state index contributed by atoms with van der Waals surface area (Å²) in [6.07, 6.45) is 0. The maximum Gasteiger partial charge on any atom is 0.0672 e. The molecule has 2 N–H and O–H groups in total. The molecule has 1 heterocycles. The summed E-state index contributed by atoms with van der Waals surface area (Å²) >= 11 is 0. The average Bonchev–Trinajstić information content (AvgIpc) is 2.85. The normalized spacial score (nSPS) is 17.0. The molecule has 0 amide bonds. The maximum absolute atomic E-state index is 6.07. The van der Waals surface area contributed by atoms with E-state index in [2.05, 4.69) is 73.3 Å². The summed E-state index contributed by atoms with van der Waals surface area (Å²) in [5.41, 5.74) is 12.6. The lowest BCUT2D eigenvalue weighted by molar-refractivity contribution is 0.679. The van der Waals surface area contributed by atoms with Gasteiger partial charge in [-0.05, 0) is 36.2 Å². The minimum Gasteiger partial charge on any atom is -0.378 e. The standard InChI is InChI=1S/C18H23N3/c1-13-7-8-14-12-21(18(11-19)17(14)9-13)16-6-4-5-15(10-16)20(2)3/h4-10,18H,11-12,19H2,1-3H3. The Labute approximate surface area is 127 Å². The molecule has 0 bridgehead atoms. The van der Waals surface area contributed by atoms with Gasteiger partial charge < -0.3 is 15.5 Å². The van der Waals surface area contributed by atoms with Crippen LogP contribution in [0, 0.1) is 6.92 Å². The van der Waals surface area contributed by atoms with Crippen LogP contribution >= 0.6 is 0 Å². The second-order valence-electron chi connectivity index (χ2n) is 6.00. The van der Waals surface area contributed by atoms with Crippen LogP contribution < -0.4 is 15.5 Å². The largest absolute Gasteiger partial charge is 0.378 e. The van der Waals surface area contributed by atoms with Gasteiger partial charge in [0.25, 0.3) is 0 Å². The molecule has 3 heteroatoms. The van der Waals surface area contributed by atoms with E-state index in [1.807, 2.05) is 0 Å². The molecule has 1 unspecified atom stereocenters. The molecule has 0 aliphatic carbocycles. The molecule has 1 atom stereocenters. The molecule has 110 valence electrons. The van der Waals surface area contributed by atoms with E-state index < -0.39 is 0 Å². The van der Waals surface area contributed by atoms with E-state index in [1.54, 1.807) is 0 Å². The Morgan fingerprint density at radius 1 is 1.19 bits per heavy atom. The monoisotopic (exact) mass is 281 g/mol. The molecule has 0 saturated carbocycles. The Balaban J connectivity index is 1.99. The smallest absolute Gasteiger partial charge is 0.0672 e. The van der Waals surface area contributed by atoms with Gasteiger partial charge in [-0.3, -0.25) is 0 Å². The highest BCUT2D eigenvalue weighted by atomic mass is 15.2. The van der Waals surface area contributed by atoms with Crippen molar-refractivity contribution in [1.82, 2.24) is 0 Å². The highest BCUT2D eigenvalue weighted by molar-refractivity contribution is 5.62. The zero-order chi connectivity index (χ0) is 15.0. The second kappa shape index (κ2) is 5.41. The summed E-state index contributed by atoms with van der Waals surface area (Å²) in [7, 11) is 4.14. The molecule has 3 rings (SSSR count). The average molecular weight is 281 g/mol. The predicted octanol–water partition coefficient (Wildman–Crippen LogP) is 3.08. The Bertz CT molecular complexity index is 649. The van der Waals surface area contributed by atoms with Gasteiger partial charge in [0.2, 0.25) is 0 Å². The molecule has 1 aliphatic heterocycles. The molecular weight excluding hydrogens is 258 g/mol. The second-order valence-corrected chi connectivity index (χ2v) is 6.00. The van der Waals surface area contributed by atoms with Gasteiger partial charge in [0, 0.05) is 38.6 Å². The molecule has 2 aromatic carbocycles. The first kappa shape index (κ1) is 14.0. The van der Waals surface area contributed by atoms with Gasteiger partial charge in [0.05, 0.1) is 6.04 Å². The van der Waals surface area contributed by atoms with Crippen molar-refractivity contribution in [2.75, 3.05) is 30.4 Å². The first-order valence-electron chi connectivity index (χ1n) is 7.43. The molecule has 1 aliphatic rings. The van der Waals surface area contributed by atoms with Crippen molar-refractivity contribution < 1.29 is 0 Å². The number of nitrogens with zero attached hydrogens (tertiary/aromatic N) is 2. The third kappa shape index (κ3) is 2.49. The van der Waals surface area contributed by atoms with Crippen LogP contribution in [0.2, 0.25) is 0 Å². The van der Waals surface area contributed by atoms with Crippen molar-refractivity contribution in [2.45, 2.75) is 19.5 Å². The van der Waals surface area contributed by atoms with E-state index in [4.69, 9.17) is 5.73 Å². The van der Waals surface area contributed by atoms with Gasteiger partial charge in [-0.1, -0.05) is 29.8 Å². The minimum atomic E-state index is 0.275. The molecule has 0 radical (unpaired) electrons.